The van der Waals surface area contributed by atoms with E-state index in [0.717, 1.165) is 18.6 Å². The summed E-state index contributed by atoms with van der Waals surface area (Å²) in [4.78, 5) is 10.9. The number of allylic oxidation sites excluding steroid dienone is 2. The number of sulfonamides is 1. The van der Waals surface area contributed by atoms with Crippen LogP contribution in [-0.2, 0) is 36.6 Å². The first-order chi connectivity index (χ1) is 17.0. The quantitative estimate of drug-likeness (QED) is 0.192. The van der Waals surface area contributed by atoms with Crippen molar-refractivity contribution in [2.45, 2.75) is 38.4 Å². The average molecular weight is 543 g/mol. The standard InChI is InChI=1S/C24H26F2NO7PS/c1-4-21(25)23(22(26)16(3)24(28)29)34-19-10-12-20(13-11-19)36(31,32)27-14-17-6-8-18(9-7-17)15-35(30)33-5-2/h4,6-13,16,27H,5,14-15H2,1-3H3/p+1/b21-4+,23-22-. The van der Waals surface area contributed by atoms with Crippen LogP contribution in [0, 0.1) is 5.92 Å². The Morgan fingerprint density at radius 3 is 2.22 bits per heavy atom. The molecule has 0 aliphatic carbocycles. The Balaban J connectivity index is 2.10. The van der Waals surface area contributed by atoms with Gasteiger partial charge >= 0.3 is 14.0 Å². The molecule has 2 unspecified atom stereocenters. The van der Waals surface area contributed by atoms with Crippen molar-refractivity contribution in [3.63, 3.8) is 0 Å². The molecule has 0 fully saturated rings. The maximum Gasteiger partial charge on any atom is 0.512 e. The number of hydrogen-bond donors (Lipinski definition) is 2. The minimum Gasteiger partial charge on any atom is -0.481 e. The molecule has 0 radical (unpaired) electrons. The van der Waals surface area contributed by atoms with Gasteiger partial charge in [0.2, 0.25) is 16.2 Å². The van der Waals surface area contributed by atoms with Gasteiger partial charge in [-0.25, -0.2) is 21.9 Å². The van der Waals surface area contributed by atoms with Crippen molar-refractivity contribution in [1.29, 1.82) is 0 Å². The number of nitrogens with one attached hydrogen (secondary N) is 1. The van der Waals surface area contributed by atoms with Gasteiger partial charge in [-0.2, -0.15) is 0 Å². The lowest BCUT2D eigenvalue weighted by molar-refractivity contribution is -0.140. The summed E-state index contributed by atoms with van der Waals surface area (Å²) in [6.07, 6.45) is 1.18. The molecule has 0 saturated heterocycles. The van der Waals surface area contributed by atoms with Crippen molar-refractivity contribution in [2.24, 2.45) is 5.92 Å². The molecule has 2 atom stereocenters. The van der Waals surface area contributed by atoms with Crippen LogP contribution in [0.5, 0.6) is 5.75 Å². The van der Waals surface area contributed by atoms with Crippen LogP contribution in [0.1, 0.15) is 31.9 Å². The van der Waals surface area contributed by atoms with Crippen LogP contribution >= 0.6 is 8.03 Å². The molecule has 2 aromatic carbocycles. The Labute approximate surface area is 209 Å². The van der Waals surface area contributed by atoms with Gasteiger partial charge in [0, 0.05) is 12.1 Å². The maximum atomic E-state index is 14.5. The second kappa shape index (κ2) is 13.4. The molecule has 2 aromatic rings. The van der Waals surface area contributed by atoms with Crippen LogP contribution in [0.3, 0.4) is 0 Å². The number of halogens is 2. The summed E-state index contributed by atoms with van der Waals surface area (Å²) < 4.78 is 78.2. The van der Waals surface area contributed by atoms with E-state index in [1.807, 2.05) is 0 Å². The fourth-order valence-electron chi connectivity index (χ4n) is 2.82. The number of carbonyl (C=O) groups is 1. The lowest BCUT2D eigenvalue weighted by atomic mass is 10.1. The van der Waals surface area contributed by atoms with Gasteiger partial charge in [0.15, 0.2) is 17.4 Å². The topological polar surface area (TPSA) is 119 Å². The summed E-state index contributed by atoms with van der Waals surface area (Å²) >= 11 is 0. The molecule has 0 heterocycles. The first kappa shape index (κ1) is 29.3. The third kappa shape index (κ3) is 8.30. The van der Waals surface area contributed by atoms with Crippen LogP contribution in [0.2, 0.25) is 0 Å². The van der Waals surface area contributed by atoms with Crippen molar-refractivity contribution in [2.75, 3.05) is 6.61 Å². The average Bonchev–Trinajstić information content (AvgIpc) is 2.86. The molecular weight excluding hydrogens is 515 g/mol. The highest BCUT2D eigenvalue weighted by atomic mass is 32.2. The highest BCUT2D eigenvalue weighted by molar-refractivity contribution is 7.89. The largest absolute Gasteiger partial charge is 0.512 e. The van der Waals surface area contributed by atoms with Gasteiger partial charge in [-0.1, -0.05) is 24.3 Å². The molecule has 2 rings (SSSR count). The summed E-state index contributed by atoms with van der Waals surface area (Å²) in [5.74, 6) is -6.54. The van der Waals surface area contributed by atoms with Crippen LogP contribution in [0.25, 0.3) is 0 Å². The zero-order valence-corrected chi connectivity index (χ0v) is 21.6. The van der Waals surface area contributed by atoms with Crippen molar-refractivity contribution in [1.82, 2.24) is 4.72 Å². The molecule has 0 saturated carbocycles. The highest BCUT2D eigenvalue weighted by Crippen LogP contribution is 2.29. The van der Waals surface area contributed by atoms with Crippen LogP contribution in [0.15, 0.2) is 76.9 Å². The van der Waals surface area contributed by atoms with Gasteiger partial charge in [-0.15, -0.1) is 4.52 Å². The molecule has 0 aliphatic rings. The van der Waals surface area contributed by atoms with Crippen LogP contribution in [-0.4, -0.2) is 26.1 Å². The highest BCUT2D eigenvalue weighted by Gasteiger charge is 2.25. The van der Waals surface area contributed by atoms with Crippen molar-refractivity contribution < 1.29 is 40.9 Å². The predicted octanol–water partition coefficient (Wildman–Crippen LogP) is 5.60. The second-order valence-electron chi connectivity index (χ2n) is 7.50. The Morgan fingerprint density at radius 1 is 1.11 bits per heavy atom. The van der Waals surface area contributed by atoms with E-state index in [-0.39, 0.29) is 23.4 Å². The Morgan fingerprint density at radius 2 is 1.69 bits per heavy atom. The Bertz CT molecular complexity index is 1240. The summed E-state index contributed by atoms with van der Waals surface area (Å²) in [5.41, 5.74) is 1.47. The third-order valence-corrected chi connectivity index (χ3v) is 7.45. The normalized spacial score (nSPS) is 14.1. The van der Waals surface area contributed by atoms with Crippen molar-refractivity contribution in [3.05, 3.63) is 83.1 Å². The van der Waals surface area contributed by atoms with Crippen molar-refractivity contribution >= 4 is 24.0 Å². The molecule has 12 heteroatoms. The SMILES string of the molecule is C/C=C(F)\C(Oc1ccc(S(=O)(=O)NCc2ccc(C[P+](=O)OCC)cc2)cc1)=C(\F)C(C)C(=O)O. The zero-order valence-electron chi connectivity index (χ0n) is 19.9. The molecule has 0 amide bonds. The number of rotatable bonds is 13. The number of carboxylic acid groups (broad SMARTS) is 1. The van der Waals surface area contributed by atoms with E-state index in [1.165, 1.54) is 31.2 Å². The molecule has 0 aromatic heterocycles. The molecule has 0 aliphatic heterocycles. The molecule has 0 bridgehead atoms. The maximum absolute atomic E-state index is 14.5. The minimum atomic E-state index is -3.92. The first-order valence-electron chi connectivity index (χ1n) is 10.9. The molecule has 0 spiro atoms. The summed E-state index contributed by atoms with van der Waals surface area (Å²) in [6, 6.07) is 11.7. The van der Waals surface area contributed by atoms with Crippen molar-refractivity contribution in [3.8, 4) is 5.75 Å². The summed E-state index contributed by atoms with van der Waals surface area (Å²) in [7, 11) is -5.72. The lowest BCUT2D eigenvalue weighted by Gasteiger charge is -2.13. The van der Waals surface area contributed by atoms with E-state index < -0.39 is 47.4 Å². The molecule has 36 heavy (non-hydrogen) atoms. The van der Waals surface area contributed by atoms with E-state index in [4.69, 9.17) is 14.4 Å². The Hall–Kier alpha value is -2.98. The van der Waals surface area contributed by atoms with E-state index in [1.54, 1.807) is 31.2 Å². The predicted molar refractivity (Wildman–Crippen MR) is 130 cm³/mol. The fraction of sp³-hybridized carbons (Fsp3) is 0.292. The first-order valence-corrected chi connectivity index (χ1v) is 13.7. The monoisotopic (exact) mass is 542 g/mol. The van der Waals surface area contributed by atoms with Gasteiger partial charge in [0.05, 0.1) is 11.5 Å². The number of aliphatic carboxylic acids is 1. The number of hydrogen-bond acceptors (Lipinski definition) is 6. The van der Waals surface area contributed by atoms with E-state index in [0.29, 0.717) is 12.2 Å². The van der Waals surface area contributed by atoms with Gasteiger partial charge in [0.1, 0.15) is 11.7 Å². The van der Waals surface area contributed by atoms with Gasteiger partial charge in [-0.3, -0.25) is 4.79 Å². The van der Waals surface area contributed by atoms with E-state index >= 15 is 0 Å². The smallest absolute Gasteiger partial charge is 0.481 e. The van der Waals surface area contributed by atoms with Gasteiger partial charge in [0.25, 0.3) is 0 Å². The summed E-state index contributed by atoms with van der Waals surface area (Å²) in [6.45, 7) is 4.43. The molecule has 194 valence electrons. The second-order valence-corrected chi connectivity index (χ2v) is 10.5. The lowest BCUT2D eigenvalue weighted by Crippen LogP contribution is -2.23. The van der Waals surface area contributed by atoms with Gasteiger partial charge in [-0.05, 0) is 61.2 Å². The van der Waals surface area contributed by atoms with Crippen LogP contribution < -0.4 is 9.46 Å². The van der Waals surface area contributed by atoms with Crippen LogP contribution in [0.4, 0.5) is 8.78 Å². The van der Waals surface area contributed by atoms with E-state index in [9.17, 15) is 26.6 Å². The molecular formula is C24H27F2NO7PS+. The third-order valence-electron chi connectivity index (χ3n) is 4.87. The molecule has 2 N–H and O–H groups in total. The van der Waals surface area contributed by atoms with Gasteiger partial charge < -0.3 is 9.84 Å². The summed E-state index contributed by atoms with van der Waals surface area (Å²) in [5, 5.41) is 8.99. The zero-order chi connectivity index (χ0) is 26.9. The minimum absolute atomic E-state index is 0.00383. The number of benzene rings is 2. The Kier molecular flexibility index (Phi) is 10.9. The molecule has 8 nitrogen and oxygen atoms in total. The number of ether oxygens (including phenoxy) is 1. The van der Waals surface area contributed by atoms with E-state index in [2.05, 4.69) is 4.72 Å². The number of carboxylic acids is 1. The fourth-order valence-corrected chi connectivity index (χ4v) is 4.72.